The standard InChI is InChI=1S/C16H23N3/c1-12-4-5-16(10-13(12)2)19-11-15(6-8-17)18-9-7-14(19)3/h4-5,10,14-15,18H,6-7,9,11H2,1-3H3. The van der Waals surface area contributed by atoms with Gasteiger partial charge in [-0.25, -0.2) is 0 Å². The highest BCUT2D eigenvalue weighted by Gasteiger charge is 2.23. The van der Waals surface area contributed by atoms with Gasteiger partial charge in [-0.2, -0.15) is 5.26 Å². The first kappa shape index (κ1) is 13.9. The van der Waals surface area contributed by atoms with Crippen molar-refractivity contribution >= 4 is 5.69 Å². The van der Waals surface area contributed by atoms with Crippen molar-refractivity contribution in [2.75, 3.05) is 18.0 Å². The van der Waals surface area contributed by atoms with Gasteiger partial charge in [0, 0.05) is 24.3 Å². The molecule has 3 heteroatoms. The normalized spacial score (nSPS) is 23.8. The first-order chi connectivity index (χ1) is 9.11. The zero-order valence-corrected chi connectivity index (χ0v) is 12.1. The second kappa shape index (κ2) is 6.08. The summed E-state index contributed by atoms with van der Waals surface area (Å²) in [5.74, 6) is 0. The zero-order valence-electron chi connectivity index (χ0n) is 12.1. The van der Waals surface area contributed by atoms with E-state index in [9.17, 15) is 0 Å². The highest BCUT2D eigenvalue weighted by Crippen LogP contribution is 2.23. The quantitative estimate of drug-likeness (QED) is 0.885. The summed E-state index contributed by atoms with van der Waals surface area (Å²) >= 11 is 0. The van der Waals surface area contributed by atoms with Gasteiger partial charge in [0.15, 0.2) is 0 Å². The van der Waals surface area contributed by atoms with E-state index >= 15 is 0 Å². The van der Waals surface area contributed by atoms with E-state index < -0.39 is 0 Å². The van der Waals surface area contributed by atoms with E-state index in [4.69, 9.17) is 5.26 Å². The van der Waals surface area contributed by atoms with Gasteiger partial charge in [0.25, 0.3) is 0 Å². The van der Waals surface area contributed by atoms with Crippen molar-refractivity contribution < 1.29 is 0 Å². The van der Waals surface area contributed by atoms with Crippen molar-refractivity contribution in [3.63, 3.8) is 0 Å². The molecule has 1 aliphatic rings. The molecule has 0 bridgehead atoms. The largest absolute Gasteiger partial charge is 0.367 e. The molecular weight excluding hydrogens is 234 g/mol. The molecule has 19 heavy (non-hydrogen) atoms. The van der Waals surface area contributed by atoms with Crippen molar-refractivity contribution in [2.45, 2.75) is 45.7 Å². The predicted molar refractivity (Wildman–Crippen MR) is 79.4 cm³/mol. The number of nitrogens with one attached hydrogen (secondary N) is 1. The Morgan fingerprint density at radius 2 is 2.16 bits per heavy atom. The van der Waals surface area contributed by atoms with Gasteiger partial charge in [0.1, 0.15) is 0 Å². The van der Waals surface area contributed by atoms with Crippen molar-refractivity contribution in [1.29, 1.82) is 5.26 Å². The van der Waals surface area contributed by atoms with Crippen LogP contribution in [0, 0.1) is 25.2 Å². The smallest absolute Gasteiger partial charge is 0.0638 e. The molecule has 1 N–H and O–H groups in total. The van der Waals surface area contributed by atoms with Crippen molar-refractivity contribution in [3.8, 4) is 6.07 Å². The lowest BCUT2D eigenvalue weighted by Gasteiger charge is -2.31. The summed E-state index contributed by atoms with van der Waals surface area (Å²) < 4.78 is 0. The number of hydrogen-bond donors (Lipinski definition) is 1. The third kappa shape index (κ3) is 3.27. The first-order valence-corrected chi connectivity index (χ1v) is 7.06. The summed E-state index contributed by atoms with van der Waals surface area (Å²) in [7, 11) is 0. The first-order valence-electron chi connectivity index (χ1n) is 7.06. The minimum Gasteiger partial charge on any atom is -0.367 e. The fourth-order valence-corrected chi connectivity index (χ4v) is 2.65. The molecule has 2 atom stereocenters. The summed E-state index contributed by atoms with van der Waals surface area (Å²) in [5, 5.41) is 12.4. The van der Waals surface area contributed by atoms with Crippen LogP contribution in [-0.2, 0) is 0 Å². The second-order valence-electron chi connectivity index (χ2n) is 5.57. The number of anilines is 1. The molecule has 1 aromatic carbocycles. The van der Waals surface area contributed by atoms with Crippen LogP contribution in [0.4, 0.5) is 5.69 Å². The minimum atomic E-state index is 0.275. The Morgan fingerprint density at radius 3 is 2.84 bits per heavy atom. The lowest BCUT2D eigenvalue weighted by atomic mass is 10.1. The molecule has 1 saturated heterocycles. The van der Waals surface area contributed by atoms with E-state index in [0.29, 0.717) is 12.5 Å². The Labute approximate surface area is 116 Å². The van der Waals surface area contributed by atoms with Gasteiger partial charge in [-0.1, -0.05) is 6.07 Å². The average Bonchev–Trinajstić information content (AvgIpc) is 2.56. The number of aryl methyl sites for hydroxylation is 2. The molecular formula is C16H23N3. The molecule has 1 fully saturated rings. The fourth-order valence-electron chi connectivity index (χ4n) is 2.65. The third-order valence-electron chi connectivity index (χ3n) is 4.10. The molecule has 1 aliphatic heterocycles. The number of benzene rings is 1. The molecule has 0 radical (unpaired) electrons. The molecule has 0 saturated carbocycles. The summed E-state index contributed by atoms with van der Waals surface area (Å²) in [6.45, 7) is 8.48. The van der Waals surface area contributed by atoms with Crippen LogP contribution in [0.2, 0.25) is 0 Å². The van der Waals surface area contributed by atoms with Crippen LogP contribution in [0.3, 0.4) is 0 Å². The average molecular weight is 257 g/mol. The van der Waals surface area contributed by atoms with E-state index in [1.165, 1.54) is 16.8 Å². The highest BCUT2D eigenvalue weighted by atomic mass is 15.2. The lowest BCUT2D eigenvalue weighted by Crippen LogP contribution is -2.40. The van der Waals surface area contributed by atoms with Crippen LogP contribution in [0.15, 0.2) is 18.2 Å². The molecule has 102 valence electrons. The molecule has 2 rings (SSSR count). The molecule has 0 aliphatic carbocycles. The molecule has 0 amide bonds. The van der Waals surface area contributed by atoms with Gasteiger partial charge in [-0.05, 0) is 57.0 Å². The Morgan fingerprint density at radius 1 is 1.37 bits per heavy atom. The maximum Gasteiger partial charge on any atom is 0.0638 e. The van der Waals surface area contributed by atoms with Crippen LogP contribution in [0.1, 0.15) is 30.9 Å². The summed E-state index contributed by atoms with van der Waals surface area (Å²) in [6, 6.07) is 9.73. The van der Waals surface area contributed by atoms with Crippen LogP contribution in [0.25, 0.3) is 0 Å². The lowest BCUT2D eigenvalue weighted by molar-refractivity contribution is 0.552. The molecule has 1 heterocycles. The number of hydrogen-bond acceptors (Lipinski definition) is 3. The van der Waals surface area contributed by atoms with E-state index in [1.54, 1.807) is 0 Å². The Kier molecular flexibility index (Phi) is 4.44. The maximum absolute atomic E-state index is 8.91. The van der Waals surface area contributed by atoms with Gasteiger partial charge >= 0.3 is 0 Å². The van der Waals surface area contributed by atoms with Crippen LogP contribution >= 0.6 is 0 Å². The second-order valence-corrected chi connectivity index (χ2v) is 5.57. The number of nitriles is 1. The zero-order chi connectivity index (χ0) is 13.8. The third-order valence-corrected chi connectivity index (χ3v) is 4.10. The van der Waals surface area contributed by atoms with Crippen molar-refractivity contribution in [2.24, 2.45) is 0 Å². The fraction of sp³-hybridized carbons (Fsp3) is 0.562. The highest BCUT2D eigenvalue weighted by molar-refractivity contribution is 5.51. The SMILES string of the molecule is Cc1ccc(N2CC(CC#N)NCCC2C)cc1C. The summed E-state index contributed by atoms with van der Waals surface area (Å²) in [6.07, 6.45) is 1.70. The molecule has 0 spiro atoms. The Hall–Kier alpha value is -1.53. The van der Waals surface area contributed by atoms with Gasteiger partial charge in [-0.15, -0.1) is 0 Å². The topological polar surface area (TPSA) is 39.1 Å². The Bertz CT molecular complexity index is 475. The van der Waals surface area contributed by atoms with Gasteiger partial charge in [0.2, 0.25) is 0 Å². The van der Waals surface area contributed by atoms with Crippen molar-refractivity contribution in [3.05, 3.63) is 29.3 Å². The predicted octanol–water partition coefficient (Wildman–Crippen LogP) is 2.77. The Balaban J connectivity index is 2.23. The molecule has 1 aromatic rings. The monoisotopic (exact) mass is 257 g/mol. The number of rotatable bonds is 2. The molecule has 3 nitrogen and oxygen atoms in total. The minimum absolute atomic E-state index is 0.275. The van der Waals surface area contributed by atoms with Gasteiger partial charge < -0.3 is 10.2 Å². The summed E-state index contributed by atoms with van der Waals surface area (Å²) in [4.78, 5) is 2.44. The number of nitrogens with zero attached hydrogens (tertiary/aromatic N) is 2. The van der Waals surface area contributed by atoms with Crippen LogP contribution < -0.4 is 10.2 Å². The van der Waals surface area contributed by atoms with E-state index in [2.05, 4.69) is 55.3 Å². The van der Waals surface area contributed by atoms with E-state index in [1.807, 2.05) is 0 Å². The van der Waals surface area contributed by atoms with E-state index in [-0.39, 0.29) is 6.04 Å². The van der Waals surface area contributed by atoms with Crippen LogP contribution in [0.5, 0.6) is 0 Å². The van der Waals surface area contributed by atoms with Gasteiger partial charge in [0.05, 0.1) is 12.5 Å². The van der Waals surface area contributed by atoms with Crippen molar-refractivity contribution in [1.82, 2.24) is 5.32 Å². The van der Waals surface area contributed by atoms with Crippen LogP contribution in [-0.4, -0.2) is 25.2 Å². The molecule has 2 unspecified atom stereocenters. The maximum atomic E-state index is 8.91. The molecule has 0 aromatic heterocycles. The van der Waals surface area contributed by atoms with Gasteiger partial charge in [-0.3, -0.25) is 0 Å². The van der Waals surface area contributed by atoms with E-state index in [0.717, 1.165) is 19.5 Å². The summed E-state index contributed by atoms with van der Waals surface area (Å²) in [5.41, 5.74) is 3.94.